The van der Waals surface area contributed by atoms with Crippen molar-refractivity contribution in [1.29, 1.82) is 0 Å². The molecule has 0 atom stereocenters. The van der Waals surface area contributed by atoms with Gasteiger partial charge in [0.05, 0.1) is 0 Å². The van der Waals surface area contributed by atoms with E-state index in [1.165, 1.54) is 0 Å². The van der Waals surface area contributed by atoms with Crippen LogP contribution in [0.1, 0.15) is 16.8 Å². The molecule has 0 saturated heterocycles. The summed E-state index contributed by atoms with van der Waals surface area (Å²) >= 11 is 5.60. The van der Waals surface area contributed by atoms with Gasteiger partial charge in [-0.05, 0) is 22.7 Å². The fraction of sp³-hybridized carbons (Fsp3) is 0.231. The van der Waals surface area contributed by atoms with Crippen LogP contribution in [-0.4, -0.2) is 9.97 Å². The molecule has 0 amide bonds. The maximum absolute atomic E-state index is 12.7. The van der Waals surface area contributed by atoms with E-state index in [-0.39, 0.29) is 5.82 Å². The van der Waals surface area contributed by atoms with Crippen LogP contribution in [0, 0.1) is 0 Å². The number of nitrogens with zero attached hydrogens (tertiary/aromatic N) is 3. The van der Waals surface area contributed by atoms with Gasteiger partial charge in [0.15, 0.2) is 5.69 Å². The lowest BCUT2D eigenvalue weighted by atomic mass is 10.1. The molecule has 0 spiro atoms. The van der Waals surface area contributed by atoms with Crippen molar-refractivity contribution in [1.82, 2.24) is 9.97 Å². The second-order valence-electron chi connectivity index (χ2n) is 4.50. The van der Waals surface area contributed by atoms with Crippen molar-refractivity contribution in [3.8, 4) is 0 Å². The molecule has 1 aliphatic heterocycles. The number of rotatable bonds is 1. The predicted octanol–water partition coefficient (Wildman–Crippen LogP) is 3.67. The Hall–Kier alpha value is -1.82. The lowest BCUT2D eigenvalue weighted by molar-refractivity contribution is -0.141. The van der Waals surface area contributed by atoms with E-state index in [1.54, 1.807) is 4.90 Å². The number of hydrogen-bond acceptors (Lipinski definition) is 3. The molecule has 3 rings (SSSR count). The van der Waals surface area contributed by atoms with E-state index < -0.39 is 17.2 Å². The van der Waals surface area contributed by atoms with Crippen molar-refractivity contribution in [2.75, 3.05) is 4.90 Å². The summed E-state index contributed by atoms with van der Waals surface area (Å²) in [5, 5.41) is -0.397. The van der Waals surface area contributed by atoms with Gasteiger partial charge in [0.1, 0.15) is 5.82 Å². The zero-order valence-corrected chi connectivity index (χ0v) is 10.9. The highest BCUT2D eigenvalue weighted by Crippen LogP contribution is 2.33. The molecule has 3 nitrogen and oxygen atoms in total. The van der Waals surface area contributed by atoms with Gasteiger partial charge in [0.2, 0.25) is 5.28 Å². The van der Waals surface area contributed by atoms with E-state index in [4.69, 9.17) is 11.6 Å². The van der Waals surface area contributed by atoms with Crippen molar-refractivity contribution >= 4 is 17.4 Å². The molecule has 0 aliphatic carbocycles. The molecule has 1 aromatic heterocycles. The van der Waals surface area contributed by atoms with Crippen LogP contribution in [0.5, 0.6) is 0 Å². The maximum atomic E-state index is 12.7. The molecule has 2 aromatic rings. The molecule has 20 heavy (non-hydrogen) atoms. The fourth-order valence-electron chi connectivity index (χ4n) is 2.21. The van der Waals surface area contributed by atoms with Crippen molar-refractivity contribution in [3.63, 3.8) is 0 Å². The van der Waals surface area contributed by atoms with Crippen LogP contribution >= 0.6 is 11.6 Å². The van der Waals surface area contributed by atoms with Crippen molar-refractivity contribution in [2.24, 2.45) is 0 Å². The lowest BCUT2D eigenvalue weighted by Crippen LogP contribution is -2.18. The Balaban J connectivity index is 1.95. The summed E-state index contributed by atoms with van der Waals surface area (Å²) in [5.41, 5.74) is 1.13. The highest BCUT2D eigenvalue weighted by Gasteiger charge is 2.34. The third-order valence-corrected chi connectivity index (χ3v) is 3.31. The van der Waals surface area contributed by atoms with Gasteiger partial charge in [-0.1, -0.05) is 24.3 Å². The monoisotopic (exact) mass is 299 g/mol. The van der Waals surface area contributed by atoms with Crippen LogP contribution in [0.2, 0.25) is 5.28 Å². The van der Waals surface area contributed by atoms with Gasteiger partial charge in [0, 0.05) is 19.2 Å². The molecule has 1 aliphatic rings. The lowest BCUT2D eigenvalue weighted by Gasteiger charge is -2.17. The summed E-state index contributed by atoms with van der Waals surface area (Å²) in [6.07, 6.45) is -4.53. The quantitative estimate of drug-likeness (QED) is 0.752. The molecule has 0 saturated carbocycles. The second kappa shape index (κ2) is 4.63. The predicted molar refractivity (Wildman–Crippen MR) is 68.4 cm³/mol. The van der Waals surface area contributed by atoms with E-state index in [0.717, 1.165) is 17.2 Å². The number of aromatic nitrogens is 2. The summed E-state index contributed by atoms with van der Waals surface area (Å²) in [7, 11) is 0. The largest absolute Gasteiger partial charge is 0.433 e. The first-order valence-corrected chi connectivity index (χ1v) is 6.25. The molecule has 0 N–H and O–H groups in total. The SMILES string of the molecule is FC(F)(F)c1cc(N2Cc3ccccc3C2)nc(Cl)n1. The first-order chi connectivity index (χ1) is 9.43. The van der Waals surface area contributed by atoms with Gasteiger partial charge in [-0.3, -0.25) is 0 Å². The number of fused-ring (bicyclic) bond motifs is 1. The third-order valence-electron chi connectivity index (χ3n) is 3.14. The molecule has 0 radical (unpaired) electrons. The molecule has 1 aromatic carbocycles. The standard InChI is InChI=1S/C13H9ClF3N3/c14-12-18-10(13(15,16)17)5-11(19-12)20-6-8-3-1-2-4-9(8)7-20/h1-5H,6-7H2. The van der Waals surface area contributed by atoms with Crippen LogP contribution < -0.4 is 4.90 Å². The molecular weight excluding hydrogens is 291 g/mol. The van der Waals surface area contributed by atoms with E-state index >= 15 is 0 Å². The van der Waals surface area contributed by atoms with Crippen molar-refractivity contribution in [2.45, 2.75) is 19.3 Å². The Morgan fingerprint density at radius 2 is 1.65 bits per heavy atom. The first kappa shape index (κ1) is 13.2. The van der Waals surface area contributed by atoms with Gasteiger partial charge in [-0.2, -0.15) is 13.2 Å². The minimum Gasteiger partial charge on any atom is -0.348 e. The molecule has 2 heterocycles. The van der Waals surface area contributed by atoms with Crippen molar-refractivity contribution in [3.05, 3.63) is 52.4 Å². The van der Waals surface area contributed by atoms with Crippen LogP contribution in [0.25, 0.3) is 0 Å². The van der Waals surface area contributed by atoms with Gasteiger partial charge in [-0.15, -0.1) is 0 Å². The zero-order chi connectivity index (χ0) is 14.3. The number of alkyl halides is 3. The average Bonchev–Trinajstić information content (AvgIpc) is 2.80. The summed E-state index contributed by atoms with van der Waals surface area (Å²) in [4.78, 5) is 8.86. The minimum absolute atomic E-state index is 0.188. The molecule has 0 fully saturated rings. The average molecular weight is 300 g/mol. The Bertz CT molecular complexity index is 633. The molecule has 0 bridgehead atoms. The molecule has 0 unspecified atom stereocenters. The summed E-state index contributed by atoms with van der Waals surface area (Å²) in [6.45, 7) is 1.03. The third kappa shape index (κ3) is 2.43. The highest BCUT2D eigenvalue weighted by molar-refractivity contribution is 6.28. The number of anilines is 1. The first-order valence-electron chi connectivity index (χ1n) is 5.87. The van der Waals surface area contributed by atoms with Gasteiger partial charge < -0.3 is 4.90 Å². The number of hydrogen-bond donors (Lipinski definition) is 0. The summed E-state index contributed by atoms with van der Waals surface area (Å²) in [5.74, 6) is 0.188. The van der Waals surface area contributed by atoms with Gasteiger partial charge in [-0.25, -0.2) is 9.97 Å². The fourth-order valence-corrected chi connectivity index (χ4v) is 2.39. The van der Waals surface area contributed by atoms with Gasteiger partial charge in [0.25, 0.3) is 0 Å². The van der Waals surface area contributed by atoms with Crippen LogP contribution in [0.4, 0.5) is 19.0 Å². The Kier molecular flexibility index (Phi) is 3.05. The highest BCUT2D eigenvalue weighted by atomic mass is 35.5. The smallest absolute Gasteiger partial charge is 0.348 e. The minimum atomic E-state index is -4.53. The normalized spacial score (nSPS) is 14.5. The Morgan fingerprint density at radius 1 is 1.05 bits per heavy atom. The van der Waals surface area contributed by atoms with E-state index in [2.05, 4.69) is 9.97 Å². The maximum Gasteiger partial charge on any atom is 0.433 e. The van der Waals surface area contributed by atoms with Crippen LogP contribution in [0.3, 0.4) is 0 Å². The van der Waals surface area contributed by atoms with Crippen LogP contribution in [-0.2, 0) is 19.3 Å². The van der Waals surface area contributed by atoms with E-state index in [9.17, 15) is 13.2 Å². The second-order valence-corrected chi connectivity index (χ2v) is 4.84. The molecule has 7 heteroatoms. The van der Waals surface area contributed by atoms with Gasteiger partial charge >= 0.3 is 6.18 Å². The Morgan fingerprint density at radius 3 is 2.20 bits per heavy atom. The number of benzene rings is 1. The summed E-state index contributed by atoms with van der Waals surface area (Å²) < 4.78 is 38.2. The van der Waals surface area contributed by atoms with E-state index in [1.807, 2.05) is 24.3 Å². The zero-order valence-electron chi connectivity index (χ0n) is 10.2. The molecular formula is C13H9ClF3N3. The van der Waals surface area contributed by atoms with E-state index in [0.29, 0.717) is 13.1 Å². The molecule has 104 valence electrons. The topological polar surface area (TPSA) is 29.0 Å². The Labute approximate surface area is 118 Å². The number of halogens is 4. The van der Waals surface area contributed by atoms with Crippen molar-refractivity contribution < 1.29 is 13.2 Å². The summed E-state index contributed by atoms with van der Waals surface area (Å²) in [6, 6.07) is 8.62. The van der Waals surface area contributed by atoms with Crippen LogP contribution in [0.15, 0.2) is 30.3 Å².